The lowest BCUT2D eigenvalue weighted by Crippen LogP contribution is -2.24. The van der Waals surface area contributed by atoms with Gasteiger partial charge in [0, 0.05) is 12.6 Å². The Kier molecular flexibility index (Phi) is 7.19. The van der Waals surface area contributed by atoms with Crippen molar-refractivity contribution in [2.75, 3.05) is 13.2 Å². The summed E-state index contributed by atoms with van der Waals surface area (Å²) in [5.41, 5.74) is 2.63. The van der Waals surface area contributed by atoms with Gasteiger partial charge in [0.2, 0.25) is 0 Å². The van der Waals surface area contributed by atoms with Crippen LogP contribution in [0, 0.1) is 0 Å². The summed E-state index contributed by atoms with van der Waals surface area (Å²) in [5.74, 6) is -0.133. The van der Waals surface area contributed by atoms with Gasteiger partial charge in [-0.1, -0.05) is 38.1 Å². The van der Waals surface area contributed by atoms with Gasteiger partial charge in [-0.15, -0.1) is 0 Å². The van der Waals surface area contributed by atoms with Crippen molar-refractivity contribution in [1.82, 2.24) is 5.32 Å². The van der Waals surface area contributed by atoms with E-state index in [1.54, 1.807) is 0 Å². The van der Waals surface area contributed by atoms with Gasteiger partial charge < -0.3 is 10.1 Å². The molecule has 1 rings (SSSR count). The molecule has 1 atom stereocenters. The highest BCUT2D eigenvalue weighted by Gasteiger charge is 2.09. The lowest BCUT2D eigenvalue weighted by molar-refractivity contribution is -0.143. The fraction of sp³-hybridized carbons (Fsp3) is 0.562. The van der Waals surface area contributed by atoms with Gasteiger partial charge in [0.05, 0.1) is 13.0 Å². The monoisotopic (exact) mass is 263 g/mol. The third-order valence-electron chi connectivity index (χ3n) is 3.22. The molecule has 0 spiro atoms. The molecular weight excluding hydrogens is 238 g/mol. The minimum atomic E-state index is -0.133. The topological polar surface area (TPSA) is 38.3 Å². The average Bonchev–Trinajstić information content (AvgIpc) is 2.44. The first-order chi connectivity index (χ1) is 9.21. The second kappa shape index (κ2) is 8.70. The number of hydrogen-bond donors (Lipinski definition) is 1. The Morgan fingerprint density at radius 3 is 2.42 bits per heavy atom. The third kappa shape index (κ3) is 5.43. The van der Waals surface area contributed by atoms with Gasteiger partial charge in [0.25, 0.3) is 0 Å². The van der Waals surface area contributed by atoms with Gasteiger partial charge in [-0.25, -0.2) is 0 Å². The minimum absolute atomic E-state index is 0.133. The zero-order chi connectivity index (χ0) is 14.1. The Labute approximate surface area is 116 Å². The molecule has 0 aliphatic carbocycles. The summed E-state index contributed by atoms with van der Waals surface area (Å²) in [6.07, 6.45) is 2.50. The van der Waals surface area contributed by atoms with Gasteiger partial charge in [-0.05, 0) is 30.9 Å². The maximum atomic E-state index is 11.3. The van der Waals surface area contributed by atoms with Crippen LogP contribution in [0.1, 0.15) is 50.8 Å². The van der Waals surface area contributed by atoms with Crippen molar-refractivity contribution >= 4 is 5.97 Å². The smallest absolute Gasteiger partial charge is 0.307 e. The summed E-state index contributed by atoms with van der Waals surface area (Å²) in [6, 6.07) is 8.99. The van der Waals surface area contributed by atoms with Crippen LogP contribution in [0.25, 0.3) is 0 Å². The highest BCUT2D eigenvalue weighted by Crippen LogP contribution is 2.17. The predicted octanol–water partition coefficient (Wildman–Crippen LogP) is 3.24. The molecule has 3 heteroatoms. The van der Waals surface area contributed by atoms with Crippen molar-refractivity contribution < 1.29 is 9.53 Å². The first-order valence-electron chi connectivity index (χ1n) is 7.19. The molecule has 1 unspecified atom stereocenters. The van der Waals surface area contributed by atoms with Gasteiger partial charge in [-0.2, -0.15) is 0 Å². The molecular formula is C16H25NO2. The number of ether oxygens (including phenoxy) is 1. The quantitative estimate of drug-likeness (QED) is 0.732. The number of esters is 1. The summed E-state index contributed by atoms with van der Waals surface area (Å²) in [7, 11) is 0. The van der Waals surface area contributed by atoms with Crippen LogP contribution in [0.5, 0.6) is 0 Å². The molecule has 0 aliphatic heterocycles. The lowest BCUT2D eigenvalue weighted by Gasteiger charge is -2.17. The Balaban J connectivity index is 2.46. The maximum absolute atomic E-state index is 11.3. The largest absolute Gasteiger partial charge is 0.466 e. The van der Waals surface area contributed by atoms with E-state index in [4.69, 9.17) is 4.74 Å². The molecule has 0 heterocycles. The number of carbonyl (C=O) groups is 1. The number of aryl methyl sites for hydroxylation is 1. The first kappa shape index (κ1) is 15.7. The zero-order valence-electron chi connectivity index (χ0n) is 12.2. The van der Waals surface area contributed by atoms with E-state index in [1.165, 1.54) is 11.1 Å². The molecule has 3 nitrogen and oxygen atoms in total. The van der Waals surface area contributed by atoms with Gasteiger partial charge in [0.15, 0.2) is 0 Å². The lowest BCUT2D eigenvalue weighted by atomic mass is 10.0. The fourth-order valence-corrected chi connectivity index (χ4v) is 2.07. The maximum Gasteiger partial charge on any atom is 0.307 e. The van der Waals surface area contributed by atoms with Crippen molar-refractivity contribution in [1.29, 1.82) is 0 Å². The second-order valence-corrected chi connectivity index (χ2v) is 4.57. The van der Waals surface area contributed by atoms with Crippen molar-refractivity contribution in [3.63, 3.8) is 0 Å². The molecule has 0 bridgehead atoms. The van der Waals surface area contributed by atoms with E-state index in [0.29, 0.717) is 25.6 Å². The highest BCUT2D eigenvalue weighted by molar-refractivity contribution is 5.69. The van der Waals surface area contributed by atoms with E-state index < -0.39 is 0 Å². The highest BCUT2D eigenvalue weighted by atomic mass is 16.5. The first-order valence-corrected chi connectivity index (χ1v) is 7.19. The molecule has 0 aliphatic rings. The molecule has 19 heavy (non-hydrogen) atoms. The molecule has 1 N–H and O–H groups in total. The molecule has 0 aromatic heterocycles. The van der Waals surface area contributed by atoms with Crippen LogP contribution in [-0.2, 0) is 16.0 Å². The van der Waals surface area contributed by atoms with Crippen LogP contribution in [-0.4, -0.2) is 19.1 Å². The van der Waals surface area contributed by atoms with E-state index in [2.05, 4.69) is 43.4 Å². The van der Waals surface area contributed by atoms with Crippen LogP contribution in [0.3, 0.4) is 0 Å². The van der Waals surface area contributed by atoms with Gasteiger partial charge in [0.1, 0.15) is 0 Å². The van der Waals surface area contributed by atoms with Gasteiger partial charge in [-0.3, -0.25) is 4.79 Å². The average molecular weight is 263 g/mol. The van der Waals surface area contributed by atoms with Crippen molar-refractivity contribution in [2.45, 2.75) is 46.1 Å². The number of hydrogen-bond acceptors (Lipinski definition) is 3. The summed E-state index contributed by atoms with van der Waals surface area (Å²) < 4.78 is 4.91. The van der Waals surface area contributed by atoms with Gasteiger partial charge >= 0.3 is 5.97 Å². The Morgan fingerprint density at radius 2 is 1.89 bits per heavy atom. The van der Waals surface area contributed by atoms with Crippen LogP contribution >= 0.6 is 0 Å². The number of nitrogens with one attached hydrogen (secondary N) is 1. The minimum Gasteiger partial charge on any atom is -0.466 e. The summed E-state index contributed by atoms with van der Waals surface area (Å²) >= 11 is 0. The van der Waals surface area contributed by atoms with Crippen molar-refractivity contribution in [3.05, 3.63) is 35.4 Å². The van der Waals surface area contributed by atoms with E-state index in [1.807, 2.05) is 6.92 Å². The van der Waals surface area contributed by atoms with Crippen LogP contribution in [0.2, 0.25) is 0 Å². The Hall–Kier alpha value is -1.35. The van der Waals surface area contributed by atoms with Crippen molar-refractivity contribution in [3.8, 4) is 0 Å². The van der Waals surface area contributed by atoms with E-state index >= 15 is 0 Å². The molecule has 0 amide bonds. The normalized spacial score (nSPS) is 12.2. The molecule has 0 radical (unpaired) electrons. The molecule has 0 fully saturated rings. The Morgan fingerprint density at radius 1 is 1.21 bits per heavy atom. The zero-order valence-corrected chi connectivity index (χ0v) is 12.2. The summed E-state index contributed by atoms with van der Waals surface area (Å²) in [4.78, 5) is 11.3. The van der Waals surface area contributed by atoms with E-state index in [-0.39, 0.29) is 5.97 Å². The third-order valence-corrected chi connectivity index (χ3v) is 3.22. The predicted molar refractivity (Wildman–Crippen MR) is 78.1 cm³/mol. The molecule has 0 saturated heterocycles. The Bertz CT molecular complexity index is 373. The van der Waals surface area contributed by atoms with Crippen LogP contribution in [0.4, 0.5) is 0 Å². The van der Waals surface area contributed by atoms with E-state index in [0.717, 1.165) is 12.8 Å². The molecule has 0 saturated carbocycles. The summed E-state index contributed by atoms with van der Waals surface area (Å²) in [5, 5.41) is 3.41. The molecule has 1 aromatic rings. The number of rotatable bonds is 8. The number of carbonyl (C=O) groups excluding carboxylic acids is 1. The van der Waals surface area contributed by atoms with Crippen LogP contribution < -0.4 is 5.32 Å². The second-order valence-electron chi connectivity index (χ2n) is 4.57. The standard InChI is InChI=1S/C16H25NO2/c1-4-13-7-9-14(10-8-13)15(5-2)17-12-11-16(18)19-6-3/h7-10,15,17H,4-6,11-12H2,1-3H3. The number of benzene rings is 1. The fourth-order valence-electron chi connectivity index (χ4n) is 2.07. The SMILES string of the molecule is CCOC(=O)CCNC(CC)c1ccc(CC)cc1. The molecule has 106 valence electrons. The van der Waals surface area contributed by atoms with Crippen LogP contribution in [0.15, 0.2) is 24.3 Å². The van der Waals surface area contributed by atoms with Crippen molar-refractivity contribution in [2.24, 2.45) is 0 Å². The van der Waals surface area contributed by atoms with E-state index in [9.17, 15) is 4.79 Å². The molecule has 1 aromatic carbocycles. The summed E-state index contributed by atoms with van der Waals surface area (Å²) in [6.45, 7) is 7.25.